The summed E-state index contributed by atoms with van der Waals surface area (Å²) in [6.45, 7) is 6.72. The lowest BCUT2D eigenvalue weighted by atomic mass is 10.0. The lowest BCUT2D eigenvalue weighted by Crippen LogP contribution is -2.22. The van der Waals surface area contributed by atoms with Crippen LogP contribution >= 0.6 is 15.9 Å². The fourth-order valence-corrected chi connectivity index (χ4v) is 3.31. The van der Waals surface area contributed by atoms with E-state index in [1.165, 1.54) is 11.1 Å². The zero-order valence-electron chi connectivity index (χ0n) is 12.4. The fourth-order valence-electron chi connectivity index (χ4n) is 2.17. The van der Waals surface area contributed by atoms with Gasteiger partial charge in [-0.25, -0.2) is 8.42 Å². The second-order valence-electron chi connectivity index (χ2n) is 5.00. The predicted molar refractivity (Wildman–Crippen MR) is 88.9 cm³/mol. The number of benzene rings is 1. The first-order valence-corrected chi connectivity index (χ1v) is 9.71. The van der Waals surface area contributed by atoms with Crippen LogP contribution in [0.4, 0.5) is 0 Å². The molecule has 114 valence electrons. The molecule has 1 N–H and O–H groups in total. The molecule has 0 bridgehead atoms. The first-order chi connectivity index (χ1) is 9.39. The summed E-state index contributed by atoms with van der Waals surface area (Å²) in [4.78, 5) is 0. The van der Waals surface area contributed by atoms with Gasteiger partial charge in [0.2, 0.25) is 0 Å². The van der Waals surface area contributed by atoms with Crippen LogP contribution in [0.15, 0.2) is 22.7 Å². The van der Waals surface area contributed by atoms with Crippen molar-refractivity contribution in [3.8, 4) is 0 Å². The van der Waals surface area contributed by atoms with E-state index in [-0.39, 0.29) is 17.5 Å². The molecular formula is C15H24BrNO2S. The third-order valence-electron chi connectivity index (χ3n) is 3.42. The molecule has 1 rings (SSSR count). The molecule has 5 heteroatoms. The zero-order valence-corrected chi connectivity index (χ0v) is 14.9. The molecule has 20 heavy (non-hydrogen) atoms. The van der Waals surface area contributed by atoms with Crippen LogP contribution in [-0.4, -0.2) is 26.5 Å². The third kappa shape index (κ3) is 5.54. The van der Waals surface area contributed by atoms with Crippen LogP contribution in [0.25, 0.3) is 0 Å². The maximum atomic E-state index is 11.5. The standard InChI is InChI=1S/C15H24BrNO2S/c1-4-17-15(7-6-10-20(18,19)5-2)13-8-9-14(16)12(3)11-13/h8-9,11,15,17H,4-7,10H2,1-3H3. The summed E-state index contributed by atoms with van der Waals surface area (Å²) >= 11 is 3.51. The summed E-state index contributed by atoms with van der Waals surface area (Å²) in [7, 11) is -2.86. The number of aryl methyl sites for hydroxylation is 1. The van der Waals surface area contributed by atoms with Gasteiger partial charge in [0.05, 0.1) is 5.75 Å². The van der Waals surface area contributed by atoms with Gasteiger partial charge in [-0.05, 0) is 43.5 Å². The van der Waals surface area contributed by atoms with Crippen molar-refractivity contribution >= 4 is 25.8 Å². The van der Waals surface area contributed by atoms with Crippen molar-refractivity contribution in [2.75, 3.05) is 18.1 Å². The maximum absolute atomic E-state index is 11.5. The van der Waals surface area contributed by atoms with Gasteiger partial charge in [0.25, 0.3) is 0 Å². The van der Waals surface area contributed by atoms with E-state index in [0.717, 1.165) is 17.4 Å². The molecule has 1 unspecified atom stereocenters. The van der Waals surface area contributed by atoms with Crippen molar-refractivity contribution in [2.24, 2.45) is 0 Å². The number of rotatable bonds is 8. The molecule has 1 aromatic carbocycles. The Bertz CT molecular complexity index is 529. The molecule has 0 radical (unpaired) electrons. The van der Waals surface area contributed by atoms with E-state index in [4.69, 9.17) is 0 Å². The fraction of sp³-hybridized carbons (Fsp3) is 0.600. The summed E-state index contributed by atoms with van der Waals surface area (Å²) < 4.78 is 24.2. The minimum atomic E-state index is -2.86. The normalized spacial score (nSPS) is 13.4. The summed E-state index contributed by atoms with van der Waals surface area (Å²) in [6, 6.07) is 6.53. The minimum absolute atomic E-state index is 0.221. The number of sulfone groups is 1. The van der Waals surface area contributed by atoms with Crippen molar-refractivity contribution in [3.63, 3.8) is 0 Å². The summed E-state index contributed by atoms with van der Waals surface area (Å²) in [5, 5.41) is 3.44. The van der Waals surface area contributed by atoms with Gasteiger partial charge in [-0.2, -0.15) is 0 Å². The molecule has 0 aliphatic heterocycles. The molecule has 0 aliphatic carbocycles. The molecule has 0 heterocycles. The van der Waals surface area contributed by atoms with Crippen LogP contribution in [0.2, 0.25) is 0 Å². The highest BCUT2D eigenvalue weighted by Crippen LogP contribution is 2.24. The van der Waals surface area contributed by atoms with Crippen molar-refractivity contribution < 1.29 is 8.42 Å². The minimum Gasteiger partial charge on any atom is -0.310 e. The van der Waals surface area contributed by atoms with Gasteiger partial charge in [0, 0.05) is 16.3 Å². The Kier molecular flexibility index (Phi) is 7.20. The van der Waals surface area contributed by atoms with Gasteiger partial charge in [-0.3, -0.25) is 0 Å². The van der Waals surface area contributed by atoms with E-state index in [0.29, 0.717) is 6.42 Å². The van der Waals surface area contributed by atoms with Crippen LogP contribution in [0, 0.1) is 6.92 Å². The van der Waals surface area contributed by atoms with E-state index < -0.39 is 9.84 Å². The molecule has 0 fully saturated rings. The highest BCUT2D eigenvalue weighted by molar-refractivity contribution is 9.10. The Morgan fingerprint density at radius 3 is 2.55 bits per heavy atom. The van der Waals surface area contributed by atoms with Gasteiger partial charge in [-0.1, -0.05) is 41.9 Å². The number of hydrogen-bond acceptors (Lipinski definition) is 3. The van der Waals surface area contributed by atoms with E-state index in [9.17, 15) is 8.42 Å². The van der Waals surface area contributed by atoms with Crippen LogP contribution < -0.4 is 5.32 Å². The molecule has 0 amide bonds. The summed E-state index contributed by atoms with van der Waals surface area (Å²) in [5.41, 5.74) is 2.42. The Morgan fingerprint density at radius 1 is 1.30 bits per heavy atom. The van der Waals surface area contributed by atoms with E-state index >= 15 is 0 Å². The average molecular weight is 362 g/mol. The predicted octanol–water partition coefficient (Wildman–Crippen LogP) is 3.62. The molecule has 0 spiro atoms. The number of nitrogens with one attached hydrogen (secondary N) is 1. The Balaban J connectivity index is 2.71. The van der Waals surface area contributed by atoms with Crippen molar-refractivity contribution in [1.29, 1.82) is 0 Å². The molecule has 1 aromatic rings. The van der Waals surface area contributed by atoms with Gasteiger partial charge in [-0.15, -0.1) is 0 Å². The smallest absolute Gasteiger partial charge is 0.150 e. The highest BCUT2D eigenvalue weighted by atomic mass is 79.9. The zero-order chi connectivity index (χ0) is 15.2. The Hall–Kier alpha value is -0.390. The highest BCUT2D eigenvalue weighted by Gasteiger charge is 2.13. The molecule has 0 saturated carbocycles. The molecule has 0 saturated heterocycles. The molecule has 0 aromatic heterocycles. The monoisotopic (exact) mass is 361 g/mol. The second kappa shape index (κ2) is 8.15. The lowest BCUT2D eigenvalue weighted by Gasteiger charge is -2.19. The molecule has 0 aliphatic rings. The molecular weight excluding hydrogens is 338 g/mol. The summed E-state index contributed by atoms with van der Waals surface area (Å²) in [6.07, 6.45) is 1.54. The van der Waals surface area contributed by atoms with Crippen LogP contribution in [0.5, 0.6) is 0 Å². The van der Waals surface area contributed by atoms with Crippen molar-refractivity contribution in [2.45, 2.75) is 39.7 Å². The quantitative estimate of drug-likeness (QED) is 0.768. The number of halogens is 1. The van der Waals surface area contributed by atoms with Gasteiger partial charge < -0.3 is 5.32 Å². The van der Waals surface area contributed by atoms with Crippen LogP contribution in [0.3, 0.4) is 0 Å². The Labute approximate surface area is 131 Å². The largest absolute Gasteiger partial charge is 0.310 e. The van der Waals surface area contributed by atoms with Crippen LogP contribution in [0.1, 0.15) is 43.9 Å². The summed E-state index contributed by atoms with van der Waals surface area (Å²) in [5.74, 6) is 0.511. The van der Waals surface area contributed by atoms with E-state index in [1.807, 2.05) is 0 Å². The molecule has 1 atom stereocenters. The van der Waals surface area contributed by atoms with E-state index in [2.05, 4.69) is 53.3 Å². The molecule has 3 nitrogen and oxygen atoms in total. The van der Waals surface area contributed by atoms with Gasteiger partial charge >= 0.3 is 0 Å². The Morgan fingerprint density at radius 2 is 2.00 bits per heavy atom. The van der Waals surface area contributed by atoms with Crippen molar-refractivity contribution in [3.05, 3.63) is 33.8 Å². The first-order valence-electron chi connectivity index (χ1n) is 7.09. The van der Waals surface area contributed by atoms with Gasteiger partial charge in [0.15, 0.2) is 0 Å². The maximum Gasteiger partial charge on any atom is 0.150 e. The van der Waals surface area contributed by atoms with Crippen LogP contribution in [-0.2, 0) is 9.84 Å². The first kappa shape index (κ1) is 17.7. The average Bonchev–Trinajstić information content (AvgIpc) is 2.41. The van der Waals surface area contributed by atoms with E-state index in [1.54, 1.807) is 6.92 Å². The second-order valence-corrected chi connectivity index (χ2v) is 8.32. The number of hydrogen-bond donors (Lipinski definition) is 1. The SMILES string of the molecule is CCNC(CCCS(=O)(=O)CC)c1ccc(Br)c(C)c1. The van der Waals surface area contributed by atoms with Gasteiger partial charge in [0.1, 0.15) is 9.84 Å². The van der Waals surface area contributed by atoms with Crippen molar-refractivity contribution in [1.82, 2.24) is 5.32 Å². The topological polar surface area (TPSA) is 46.2 Å². The lowest BCUT2D eigenvalue weighted by molar-refractivity contribution is 0.506. The third-order valence-corrected chi connectivity index (χ3v) is 6.10.